The van der Waals surface area contributed by atoms with E-state index >= 15 is 0 Å². The van der Waals surface area contributed by atoms with Crippen molar-refractivity contribution in [3.8, 4) is 0 Å². The van der Waals surface area contributed by atoms with Gasteiger partial charge in [0, 0.05) is 51.4 Å². The van der Waals surface area contributed by atoms with Crippen LogP contribution < -0.4 is 5.32 Å². The molecular weight excluding hydrogens is 389 g/mol. The van der Waals surface area contributed by atoms with Crippen LogP contribution in [0.3, 0.4) is 0 Å². The van der Waals surface area contributed by atoms with Gasteiger partial charge in [-0.25, -0.2) is 0 Å². The first kappa shape index (κ1) is 23.7. The number of carbonyl (C=O) groups is 2. The second kappa shape index (κ2) is 10.3. The average Bonchev–Trinajstić information content (AvgIpc) is 2.85. The first-order valence-corrected chi connectivity index (χ1v) is 9.24. The quantitative estimate of drug-likeness (QED) is 0.796. The molecule has 0 spiro atoms. The van der Waals surface area contributed by atoms with E-state index in [0.717, 1.165) is 50.3 Å². The van der Waals surface area contributed by atoms with Gasteiger partial charge in [0.15, 0.2) is 0 Å². The summed E-state index contributed by atoms with van der Waals surface area (Å²) >= 11 is 0. The minimum Gasteiger partial charge on any atom is -0.341 e. The van der Waals surface area contributed by atoms with Crippen LogP contribution in [-0.4, -0.2) is 70.2 Å². The summed E-state index contributed by atoms with van der Waals surface area (Å²) in [6.07, 6.45) is 3.21. The van der Waals surface area contributed by atoms with Crippen molar-refractivity contribution in [3.05, 3.63) is 17.0 Å². The van der Waals surface area contributed by atoms with Crippen molar-refractivity contribution < 1.29 is 9.59 Å². The predicted molar refractivity (Wildman–Crippen MR) is 110 cm³/mol. The third kappa shape index (κ3) is 5.36. The van der Waals surface area contributed by atoms with Crippen LogP contribution in [0, 0.1) is 13.8 Å². The Bertz CT molecular complexity index is 664. The first-order chi connectivity index (χ1) is 12.0. The van der Waals surface area contributed by atoms with Crippen LogP contribution in [0.25, 0.3) is 0 Å². The average molecular weight is 420 g/mol. The van der Waals surface area contributed by atoms with Crippen LogP contribution in [0.15, 0.2) is 0 Å². The van der Waals surface area contributed by atoms with Gasteiger partial charge in [0.2, 0.25) is 11.8 Å². The number of rotatable bonds is 4. The zero-order valence-electron chi connectivity index (χ0n) is 16.4. The second-order valence-electron chi connectivity index (χ2n) is 7.17. The lowest BCUT2D eigenvalue weighted by molar-refractivity contribution is -0.140. The standard InChI is InChI=1S/C18H29N5O2.2ClH/c1-13-16(14(2)21(3)20-13)6-7-17(24)22-9-4-5-15(12-22)23-10-8-19-11-18(23)25;;/h15,19H,4-12H2,1-3H3;2*1H. The normalized spacial score (nSPS) is 20.1. The van der Waals surface area contributed by atoms with Gasteiger partial charge in [-0.2, -0.15) is 5.10 Å². The van der Waals surface area contributed by atoms with Crippen molar-refractivity contribution in [1.82, 2.24) is 24.9 Å². The molecule has 7 nitrogen and oxygen atoms in total. The van der Waals surface area contributed by atoms with E-state index in [1.807, 2.05) is 35.4 Å². The maximum Gasteiger partial charge on any atom is 0.236 e. The Labute approximate surface area is 173 Å². The first-order valence-electron chi connectivity index (χ1n) is 9.24. The summed E-state index contributed by atoms with van der Waals surface area (Å²) in [5.41, 5.74) is 3.32. The number of carbonyl (C=O) groups excluding carboxylic acids is 2. The largest absolute Gasteiger partial charge is 0.341 e. The molecule has 1 N–H and O–H groups in total. The maximum absolute atomic E-state index is 12.7. The molecule has 0 bridgehead atoms. The number of nitrogens with zero attached hydrogens (tertiary/aromatic N) is 4. The van der Waals surface area contributed by atoms with Crippen molar-refractivity contribution >= 4 is 36.6 Å². The molecule has 1 atom stereocenters. The molecule has 0 aromatic carbocycles. The number of hydrogen-bond acceptors (Lipinski definition) is 4. The number of amides is 2. The molecule has 9 heteroatoms. The number of nitrogens with one attached hydrogen (secondary N) is 1. The van der Waals surface area contributed by atoms with E-state index in [0.29, 0.717) is 19.5 Å². The van der Waals surface area contributed by atoms with Gasteiger partial charge >= 0.3 is 0 Å². The SMILES string of the molecule is Cc1nn(C)c(C)c1CCC(=O)N1CCCC(N2CCNCC2=O)C1.Cl.Cl. The van der Waals surface area contributed by atoms with Crippen LogP contribution >= 0.6 is 24.8 Å². The van der Waals surface area contributed by atoms with Gasteiger partial charge in [-0.05, 0) is 38.7 Å². The van der Waals surface area contributed by atoms with E-state index in [1.54, 1.807) is 0 Å². The van der Waals surface area contributed by atoms with Crippen molar-refractivity contribution in [2.75, 3.05) is 32.7 Å². The fourth-order valence-electron chi connectivity index (χ4n) is 4.01. The van der Waals surface area contributed by atoms with Gasteiger partial charge in [0.1, 0.15) is 0 Å². The lowest BCUT2D eigenvalue weighted by Gasteiger charge is -2.41. The molecule has 0 aliphatic carbocycles. The van der Waals surface area contributed by atoms with Gasteiger partial charge in [-0.3, -0.25) is 14.3 Å². The smallest absolute Gasteiger partial charge is 0.236 e. The molecule has 3 heterocycles. The van der Waals surface area contributed by atoms with E-state index in [1.165, 1.54) is 5.56 Å². The van der Waals surface area contributed by atoms with Crippen molar-refractivity contribution in [1.29, 1.82) is 0 Å². The summed E-state index contributed by atoms with van der Waals surface area (Å²) in [4.78, 5) is 28.7. The van der Waals surface area contributed by atoms with Crippen LogP contribution in [0.5, 0.6) is 0 Å². The molecule has 0 saturated carbocycles. The van der Waals surface area contributed by atoms with Gasteiger partial charge in [-0.15, -0.1) is 24.8 Å². The van der Waals surface area contributed by atoms with E-state index < -0.39 is 0 Å². The molecule has 0 radical (unpaired) electrons. The molecule has 2 aliphatic heterocycles. The number of halogens is 2. The molecule has 2 amide bonds. The minimum atomic E-state index is 0. The van der Waals surface area contributed by atoms with E-state index in [4.69, 9.17) is 0 Å². The van der Waals surface area contributed by atoms with Gasteiger partial charge in [-0.1, -0.05) is 0 Å². The Morgan fingerprint density at radius 1 is 1.26 bits per heavy atom. The highest BCUT2D eigenvalue weighted by molar-refractivity contribution is 5.85. The Balaban J connectivity index is 0.00000182. The molecule has 3 rings (SSSR count). The molecule has 1 aromatic heterocycles. The molecule has 2 fully saturated rings. The predicted octanol–water partition coefficient (Wildman–Crippen LogP) is 1.24. The van der Waals surface area contributed by atoms with Crippen molar-refractivity contribution in [2.24, 2.45) is 7.05 Å². The fraction of sp³-hybridized carbons (Fsp3) is 0.722. The monoisotopic (exact) mass is 419 g/mol. The van der Waals surface area contributed by atoms with Crippen LogP contribution in [0.2, 0.25) is 0 Å². The molecular formula is C18H31Cl2N5O2. The summed E-state index contributed by atoms with van der Waals surface area (Å²) in [5, 5.41) is 7.53. The molecule has 27 heavy (non-hydrogen) atoms. The topological polar surface area (TPSA) is 70.5 Å². The highest BCUT2D eigenvalue weighted by Gasteiger charge is 2.31. The number of aryl methyl sites for hydroxylation is 2. The summed E-state index contributed by atoms with van der Waals surface area (Å²) in [7, 11) is 1.94. The zero-order valence-corrected chi connectivity index (χ0v) is 18.0. The molecule has 154 valence electrons. The van der Waals surface area contributed by atoms with Crippen LogP contribution in [0.1, 0.15) is 36.2 Å². The second-order valence-corrected chi connectivity index (χ2v) is 7.17. The summed E-state index contributed by atoms with van der Waals surface area (Å²) in [5.74, 6) is 0.349. The molecule has 1 aromatic rings. The minimum absolute atomic E-state index is 0. The molecule has 2 aliphatic rings. The molecule has 1 unspecified atom stereocenters. The number of likely N-dealkylation sites (tertiary alicyclic amines) is 1. The fourth-order valence-corrected chi connectivity index (χ4v) is 4.01. The molecule has 2 saturated heterocycles. The Kier molecular flexibility index (Phi) is 9.05. The van der Waals surface area contributed by atoms with Crippen molar-refractivity contribution in [2.45, 2.75) is 45.6 Å². The highest BCUT2D eigenvalue weighted by Crippen LogP contribution is 2.19. The number of piperidine rings is 1. The summed E-state index contributed by atoms with van der Waals surface area (Å²) in [6.45, 7) is 7.54. The Morgan fingerprint density at radius 2 is 2.00 bits per heavy atom. The number of piperazine rings is 1. The van der Waals surface area contributed by atoms with Crippen LogP contribution in [-0.2, 0) is 23.1 Å². The third-order valence-corrected chi connectivity index (χ3v) is 5.56. The van der Waals surface area contributed by atoms with E-state index in [9.17, 15) is 9.59 Å². The highest BCUT2D eigenvalue weighted by atomic mass is 35.5. The third-order valence-electron chi connectivity index (χ3n) is 5.56. The van der Waals surface area contributed by atoms with E-state index in [2.05, 4.69) is 10.4 Å². The summed E-state index contributed by atoms with van der Waals surface area (Å²) < 4.78 is 1.88. The van der Waals surface area contributed by atoms with Crippen LogP contribution in [0.4, 0.5) is 0 Å². The number of aromatic nitrogens is 2. The summed E-state index contributed by atoms with van der Waals surface area (Å²) in [6, 6.07) is 0.175. The Hall–Kier alpha value is -1.31. The zero-order chi connectivity index (χ0) is 18.0. The van der Waals surface area contributed by atoms with Crippen molar-refractivity contribution in [3.63, 3.8) is 0 Å². The Morgan fingerprint density at radius 3 is 2.63 bits per heavy atom. The number of hydrogen-bond donors (Lipinski definition) is 1. The van der Waals surface area contributed by atoms with Gasteiger partial charge < -0.3 is 15.1 Å². The van der Waals surface area contributed by atoms with Gasteiger partial charge in [0.05, 0.1) is 12.2 Å². The maximum atomic E-state index is 12.7. The van der Waals surface area contributed by atoms with E-state index in [-0.39, 0.29) is 42.7 Å². The van der Waals surface area contributed by atoms with Gasteiger partial charge in [0.25, 0.3) is 0 Å². The lowest BCUT2D eigenvalue weighted by Crippen LogP contribution is -2.57. The lowest BCUT2D eigenvalue weighted by atomic mass is 10.0.